The highest BCUT2D eigenvalue weighted by Gasteiger charge is 2.11. The summed E-state index contributed by atoms with van der Waals surface area (Å²) in [5, 5.41) is 3.74. The van der Waals surface area contributed by atoms with Crippen LogP contribution in [0.2, 0.25) is 0 Å². The minimum absolute atomic E-state index is 0.0775. The van der Waals surface area contributed by atoms with Crippen LogP contribution in [-0.2, 0) is 0 Å². The predicted molar refractivity (Wildman–Crippen MR) is 80.2 cm³/mol. The van der Waals surface area contributed by atoms with E-state index in [-0.39, 0.29) is 5.91 Å². The summed E-state index contributed by atoms with van der Waals surface area (Å²) < 4.78 is 0.951. The van der Waals surface area contributed by atoms with Gasteiger partial charge in [0.2, 0.25) is 0 Å². The van der Waals surface area contributed by atoms with Crippen LogP contribution in [0.15, 0.2) is 28.7 Å². The molecule has 3 N–H and O–H groups in total. The van der Waals surface area contributed by atoms with E-state index >= 15 is 0 Å². The summed E-state index contributed by atoms with van der Waals surface area (Å²) >= 11 is 3.42. The molecule has 0 aliphatic heterocycles. The van der Waals surface area contributed by atoms with E-state index in [1.54, 1.807) is 0 Å². The van der Waals surface area contributed by atoms with Crippen LogP contribution in [0, 0.1) is 6.92 Å². The molecule has 0 aliphatic rings. The Morgan fingerprint density at radius 1 is 1.42 bits per heavy atom. The van der Waals surface area contributed by atoms with Gasteiger partial charge in [-0.05, 0) is 38.1 Å². The molecule has 100 valence electrons. The molecule has 0 aliphatic carbocycles. The van der Waals surface area contributed by atoms with Gasteiger partial charge in [0.05, 0.1) is 11.1 Å². The molecule has 4 nitrogen and oxygen atoms in total. The third kappa shape index (κ3) is 3.30. The van der Waals surface area contributed by atoms with Gasteiger partial charge in [-0.2, -0.15) is 0 Å². The van der Waals surface area contributed by atoms with Crippen molar-refractivity contribution in [1.29, 1.82) is 0 Å². The Morgan fingerprint density at radius 2 is 2.21 bits per heavy atom. The molecule has 0 saturated heterocycles. The fourth-order valence-corrected chi connectivity index (χ4v) is 2.27. The van der Waals surface area contributed by atoms with E-state index in [1.165, 1.54) is 0 Å². The Kier molecular flexibility index (Phi) is 4.50. The zero-order valence-electron chi connectivity index (χ0n) is 10.7. The van der Waals surface area contributed by atoms with E-state index in [0.29, 0.717) is 18.7 Å². The van der Waals surface area contributed by atoms with Gasteiger partial charge in [0.25, 0.3) is 5.91 Å². The van der Waals surface area contributed by atoms with Gasteiger partial charge in [-0.3, -0.25) is 9.78 Å². The lowest BCUT2D eigenvalue weighted by atomic mass is 10.1. The molecule has 19 heavy (non-hydrogen) atoms. The van der Waals surface area contributed by atoms with E-state index in [9.17, 15) is 4.79 Å². The van der Waals surface area contributed by atoms with Crippen molar-refractivity contribution in [2.75, 3.05) is 13.1 Å². The van der Waals surface area contributed by atoms with Crippen LogP contribution in [0.25, 0.3) is 10.9 Å². The van der Waals surface area contributed by atoms with Gasteiger partial charge in [-0.15, -0.1) is 0 Å². The number of halogens is 1. The maximum atomic E-state index is 12.2. The number of fused-ring (bicyclic) bond motifs is 1. The SMILES string of the molecule is Cc1cc(C(=O)NCCCN)c2ccc(Br)cc2n1. The molecule has 0 fully saturated rings. The normalized spacial score (nSPS) is 10.7. The van der Waals surface area contributed by atoms with E-state index < -0.39 is 0 Å². The molecule has 5 heteroatoms. The number of nitrogens with one attached hydrogen (secondary N) is 1. The molecular formula is C14H16BrN3O. The summed E-state index contributed by atoms with van der Waals surface area (Å²) in [4.78, 5) is 16.6. The van der Waals surface area contributed by atoms with Gasteiger partial charge in [-0.25, -0.2) is 0 Å². The number of hydrogen-bond donors (Lipinski definition) is 2. The average molecular weight is 322 g/mol. The summed E-state index contributed by atoms with van der Waals surface area (Å²) in [6.45, 7) is 3.05. The molecule has 0 unspecified atom stereocenters. The third-order valence-electron chi connectivity index (χ3n) is 2.81. The van der Waals surface area contributed by atoms with Gasteiger partial charge in [0.1, 0.15) is 0 Å². The summed E-state index contributed by atoms with van der Waals surface area (Å²) in [7, 11) is 0. The van der Waals surface area contributed by atoms with Gasteiger partial charge in [0.15, 0.2) is 0 Å². The molecule has 1 heterocycles. The van der Waals surface area contributed by atoms with Crippen molar-refractivity contribution in [3.8, 4) is 0 Å². The number of hydrogen-bond acceptors (Lipinski definition) is 3. The number of rotatable bonds is 4. The molecule has 0 radical (unpaired) electrons. The van der Waals surface area contributed by atoms with E-state index in [2.05, 4.69) is 26.2 Å². The first-order valence-electron chi connectivity index (χ1n) is 6.17. The van der Waals surface area contributed by atoms with Crippen LogP contribution < -0.4 is 11.1 Å². The highest BCUT2D eigenvalue weighted by Crippen LogP contribution is 2.22. The minimum atomic E-state index is -0.0775. The van der Waals surface area contributed by atoms with E-state index in [4.69, 9.17) is 5.73 Å². The van der Waals surface area contributed by atoms with Gasteiger partial charge in [0, 0.05) is 22.1 Å². The summed E-state index contributed by atoms with van der Waals surface area (Å²) in [6, 6.07) is 7.55. The Bertz CT molecular complexity index is 608. The number of pyridine rings is 1. The molecule has 0 spiro atoms. The Morgan fingerprint density at radius 3 is 2.95 bits per heavy atom. The molecule has 2 rings (SSSR count). The largest absolute Gasteiger partial charge is 0.352 e. The maximum Gasteiger partial charge on any atom is 0.252 e. The topological polar surface area (TPSA) is 68.0 Å². The van der Waals surface area contributed by atoms with Crippen molar-refractivity contribution in [2.24, 2.45) is 5.73 Å². The van der Waals surface area contributed by atoms with Crippen molar-refractivity contribution in [1.82, 2.24) is 10.3 Å². The standard InChI is InChI=1S/C14H16BrN3O/c1-9-7-12(14(19)17-6-2-5-16)11-4-3-10(15)8-13(11)18-9/h3-4,7-8H,2,5-6,16H2,1H3,(H,17,19). The molecule has 0 saturated carbocycles. The van der Waals surface area contributed by atoms with Gasteiger partial charge in [-0.1, -0.05) is 22.0 Å². The second-order valence-corrected chi connectivity index (χ2v) is 5.29. The number of aryl methyl sites for hydroxylation is 1. The molecule has 2 aromatic rings. The maximum absolute atomic E-state index is 12.2. The van der Waals surface area contributed by atoms with Crippen LogP contribution in [0.5, 0.6) is 0 Å². The molecule has 1 amide bonds. The number of amides is 1. The smallest absolute Gasteiger partial charge is 0.252 e. The second kappa shape index (κ2) is 6.12. The first-order chi connectivity index (χ1) is 9.11. The van der Waals surface area contributed by atoms with Gasteiger partial charge < -0.3 is 11.1 Å². The van der Waals surface area contributed by atoms with E-state index in [1.807, 2.05) is 31.2 Å². The predicted octanol–water partition coefficient (Wildman–Crippen LogP) is 2.38. The third-order valence-corrected chi connectivity index (χ3v) is 3.30. The lowest BCUT2D eigenvalue weighted by Crippen LogP contribution is -2.26. The number of carbonyl (C=O) groups is 1. The first kappa shape index (κ1) is 14.0. The fourth-order valence-electron chi connectivity index (χ4n) is 1.92. The van der Waals surface area contributed by atoms with Crippen LogP contribution >= 0.6 is 15.9 Å². The molecule has 0 atom stereocenters. The highest BCUT2D eigenvalue weighted by atomic mass is 79.9. The number of benzene rings is 1. The Hall–Kier alpha value is -1.46. The van der Waals surface area contributed by atoms with Crippen molar-refractivity contribution in [2.45, 2.75) is 13.3 Å². The zero-order valence-corrected chi connectivity index (χ0v) is 12.3. The summed E-state index contributed by atoms with van der Waals surface area (Å²) in [5.74, 6) is -0.0775. The number of nitrogens with zero attached hydrogens (tertiary/aromatic N) is 1. The first-order valence-corrected chi connectivity index (χ1v) is 6.96. The van der Waals surface area contributed by atoms with Crippen molar-refractivity contribution < 1.29 is 4.79 Å². The lowest BCUT2D eigenvalue weighted by molar-refractivity contribution is 0.0955. The van der Waals surface area contributed by atoms with Crippen molar-refractivity contribution in [3.05, 3.63) is 40.0 Å². The Labute approximate surface area is 120 Å². The lowest BCUT2D eigenvalue weighted by Gasteiger charge is -2.09. The molecule has 0 bridgehead atoms. The molecule has 1 aromatic heterocycles. The summed E-state index contributed by atoms with van der Waals surface area (Å²) in [6.07, 6.45) is 0.777. The minimum Gasteiger partial charge on any atom is -0.352 e. The molecule has 1 aromatic carbocycles. The monoisotopic (exact) mass is 321 g/mol. The number of carbonyl (C=O) groups excluding carboxylic acids is 1. The number of aromatic nitrogens is 1. The van der Waals surface area contributed by atoms with E-state index in [0.717, 1.165) is 27.5 Å². The Balaban J connectivity index is 2.39. The van der Waals surface area contributed by atoms with Crippen LogP contribution in [-0.4, -0.2) is 24.0 Å². The van der Waals surface area contributed by atoms with Crippen LogP contribution in [0.1, 0.15) is 22.5 Å². The van der Waals surface area contributed by atoms with Crippen molar-refractivity contribution >= 4 is 32.7 Å². The van der Waals surface area contributed by atoms with Crippen LogP contribution in [0.4, 0.5) is 0 Å². The fraction of sp³-hybridized carbons (Fsp3) is 0.286. The second-order valence-electron chi connectivity index (χ2n) is 4.37. The van der Waals surface area contributed by atoms with Crippen LogP contribution in [0.3, 0.4) is 0 Å². The quantitative estimate of drug-likeness (QED) is 0.849. The number of nitrogens with two attached hydrogens (primary N) is 1. The average Bonchev–Trinajstić information content (AvgIpc) is 2.37. The van der Waals surface area contributed by atoms with Gasteiger partial charge >= 0.3 is 0 Å². The summed E-state index contributed by atoms with van der Waals surface area (Å²) in [5.41, 5.74) is 7.72. The highest BCUT2D eigenvalue weighted by molar-refractivity contribution is 9.10. The zero-order chi connectivity index (χ0) is 13.8. The molecular weight excluding hydrogens is 306 g/mol. The van der Waals surface area contributed by atoms with Crippen molar-refractivity contribution in [3.63, 3.8) is 0 Å².